The molecular formula is C27H21ClO7. The molecule has 3 aromatic carbocycles. The number of allylic oxidation sites excluding steroid dienone is 1. The van der Waals surface area contributed by atoms with E-state index in [1.54, 1.807) is 68.6 Å². The van der Waals surface area contributed by atoms with Gasteiger partial charge >= 0.3 is 0 Å². The molecule has 0 fully saturated rings. The molecule has 2 heterocycles. The molecule has 8 heteroatoms. The van der Waals surface area contributed by atoms with Crippen LogP contribution in [0.15, 0.2) is 54.3 Å². The SMILES string of the molecule is COc1ccc(C(=O)COc2ccc3c(c2C)O/C(=C\c2cc(Cl)cc4c2OCOC4)C3=O)cc1. The number of benzene rings is 3. The summed E-state index contributed by atoms with van der Waals surface area (Å²) in [7, 11) is 1.57. The van der Waals surface area contributed by atoms with Gasteiger partial charge in [0, 0.05) is 27.3 Å². The highest BCUT2D eigenvalue weighted by Gasteiger charge is 2.31. The average molecular weight is 493 g/mol. The fraction of sp³-hybridized carbons (Fsp3) is 0.185. The first-order chi connectivity index (χ1) is 16.9. The lowest BCUT2D eigenvalue weighted by atomic mass is 10.0. The number of Topliss-reactive ketones (excluding diaryl/α,β-unsaturated/α-hetero) is 2. The third-order valence-corrected chi connectivity index (χ3v) is 6.02. The van der Waals surface area contributed by atoms with Crippen LogP contribution in [0.2, 0.25) is 5.02 Å². The van der Waals surface area contributed by atoms with Crippen LogP contribution in [0, 0.1) is 6.92 Å². The second-order valence-electron chi connectivity index (χ2n) is 8.04. The first-order valence-electron chi connectivity index (χ1n) is 10.9. The van der Waals surface area contributed by atoms with Crippen LogP contribution in [-0.2, 0) is 11.3 Å². The van der Waals surface area contributed by atoms with Crippen molar-refractivity contribution in [1.29, 1.82) is 0 Å². The number of methoxy groups -OCH3 is 1. The van der Waals surface area contributed by atoms with Gasteiger partial charge in [0.05, 0.1) is 19.3 Å². The van der Waals surface area contributed by atoms with Crippen molar-refractivity contribution < 1.29 is 33.3 Å². The van der Waals surface area contributed by atoms with Gasteiger partial charge in [0.25, 0.3) is 0 Å². The number of rotatable bonds is 6. The van der Waals surface area contributed by atoms with Crippen LogP contribution in [0.5, 0.6) is 23.0 Å². The fourth-order valence-corrected chi connectivity index (χ4v) is 4.23. The molecule has 2 aliphatic heterocycles. The van der Waals surface area contributed by atoms with Crippen LogP contribution in [0.4, 0.5) is 0 Å². The molecule has 0 aromatic heterocycles. The van der Waals surface area contributed by atoms with Crippen molar-refractivity contribution >= 4 is 29.2 Å². The molecule has 0 radical (unpaired) electrons. The molecule has 178 valence electrons. The van der Waals surface area contributed by atoms with Gasteiger partial charge < -0.3 is 23.7 Å². The number of halogens is 1. The highest BCUT2D eigenvalue weighted by Crippen LogP contribution is 2.41. The number of carbonyl (C=O) groups is 2. The van der Waals surface area contributed by atoms with E-state index < -0.39 is 0 Å². The Bertz CT molecular complexity index is 1360. The number of hydrogen-bond donors (Lipinski definition) is 0. The molecule has 5 rings (SSSR count). The first kappa shape index (κ1) is 23.0. The van der Waals surface area contributed by atoms with E-state index in [0.717, 1.165) is 5.56 Å². The van der Waals surface area contributed by atoms with E-state index in [0.29, 0.717) is 56.9 Å². The number of hydrogen-bond acceptors (Lipinski definition) is 7. The Labute approximate surface area is 206 Å². The van der Waals surface area contributed by atoms with Gasteiger partial charge in [-0.05, 0) is 61.5 Å². The normalized spacial score (nSPS) is 15.2. The number of fused-ring (bicyclic) bond motifs is 2. The molecule has 0 saturated heterocycles. The van der Waals surface area contributed by atoms with Crippen LogP contribution in [-0.4, -0.2) is 32.1 Å². The maximum atomic E-state index is 13.0. The van der Waals surface area contributed by atoms with E-state index in [4.69, 9.17) is 35.3 Å². The van der Waals surface area contributed by atoms with Crippen molar-refractivity contribution in [2.24, 2.45) is 0 Å². The summed E-state index contributed by atoms with van der Waals surface area (Å²) in [6.07, 6.45) is 1.62. The van der Waals surface area contributed by atoms with Gasteiger partial charge in [-0.25, -0.2) is 0 Å². The third-order valence-electron chi connectivity index (χ3n) is 5.80. The molecule has 0 amide bonds. The Morgan fingerprint density at radius 1 is 1.11 bits per heavy atom. The highest BCUT2D eigenvalue weighted by atomic mass is 35.5. The van der Waals surface area contributed by atoms with Gasteiger partial charge in [-0.15, -0.1) is 0 Å². The summed E-state index contributed by atoms with van der Waals surface area (Å²) in [4.78, 5) is 25.5. The van der Waals surface area contributed by atoms with Crippen LogP contribution in [0.3, 0.4) is 0 Å². The quantitative estimate of drug-likeness (QED) is 0.336. The van der Waals surface area contributed by atoms with Crippen LogP contribution < -0.4 is 18.9 Å². The zero-order valence-electron chi connectivity index (χ0n) is 19.1. The minimum absolute atomic E-state index is 0.120. The van der Waals surface area contributed by atoms with Crippen LogP contribution in [0.1, 0.15) is 37.4 Å². The number of ketones is 2. The Morgan fingerprint density at radius 2 is 1.91 bits per heavy atom. The molecule has 3 aromatic rings. The first-order valence-corrected chi connectivity index (χ1v) is 11.2. The number of carbonyl (C=O) groups excluding carboxylic acids is 2. The fourth-order valence-electron chi connectivity index (χ4n) is 3.98. The Kier molecular flexibility index (Phi) is 6.19. The van der Waals surface area contributed by atoms with Gasteiger partial charge in [-0.1, -0.05) is 11.6 Å². The summed E-state index contributed by atoms with van der Waals surface area (Å²) in [5.41, 5.74) is 2.99. The highest BCUT2D eigenvalue weighted by molar-refractivity contribution is 6.31. The zero-order valence-corrected chi connectivity index (χ0v) is 19.8. The summed E-state index contributed by atoms with van der Waals surface area (Å²) in [5, 5.41) is 0.501. The second-order valence-corrected chi connectivity index (χ2v) is 8.48. The maximum absolute atomic E-state index is 13.0. The van der Waals surface area contributed by atoms with E-state index in [1.165, 1.54) is 0 Å². The van der Waals surface area contributed by atoms with Gasteiger partial charge in [0.2, 0.25) is 5.78 Å². The monoisotopic (exact) mass is 492 g/mol. The summed E-state index contributed by atoms with van der Waals surface area (Å²) < 4.78 is 27.8. The lowest BCUT2D eigenvalue weighted by Gasteiger charge is -2.20. The summed E-state index contributed by atoms with van der Waals surface area (Å²) in [6.45, 7) is 2.12. The van der Waals surface area contributed by atoms with Gasteiger partial charge in [0.15, 0.2) is 24.9 Å². The van der Waals surface area contributed by atoms with E-state index in [9.17, 15) is 9.59 Å². The van der Waals surface area contributed by atoms with Crippen molar-refractivity contribution in [3.63, 3.8) is 0 Å². The van der Waals surface area contributed by atoms with Crippen LogP contribution in [0.25, 0.3) is 6.08 Å². The van der Waals surface area contributed by atoms with Crippen LogP contribution >= 0.6 is 11.6 Å². The second kappa shape index (κ2) is 9.44. The van der Waals surface area contributed by atoms with E-state index in [1.807, 2.05) is 0 Å². The predicted octanol–water partition coefficient (Wildman–Crippen LogP) is 5.40. The summed E-state index contributed by atoms with van der Waals surface area (Å²) >= 11 is 6.24. The molecular weight excluding hydrogens is 472 g/mol. The third kappa shape index (κ3) is 4.48. The maximum Gasteiger partial charge on any atom is 0.231 e. The van der Waals surface area contributed by atoms with E-state index in [-0.39, 0.29) is 30.7 Å². The smallest absolute Gasteiger partial charge is 0.231 e. The molecule has 0 unspecified atom stereocenters. The van der Waals surface area contributed by atoms with Gasteiger partial charge in [-0.3, -0.25) is 9.59 Å². The molecule has 0 spiro atoms. The molecule has 0 bridgehead atoms. The summed E-state index contributed by atoms with van der Waals surface area (Å²) in [5.74, 6) is 1.84. The lowest BCUT2D eigenvalue weighted by Crippen LogP contribution is -2.12. The number of ether oxygens (including phenoxy) is 5. The van der Waals surface area contributed by atoms with Gasteiger partial charge in [0.1, 0.15) is 23.0 Å². The molecule has 2 aliphatic rings. The van der Waals surface area contributed by atoms with E-state index >= 15 is 0 Å². The van der Waals surface area contributed by atoms with Crippen molar-refractivity contribution in [3.8, 4) is 23.0 Å². The molecule has 0 saturated carbocycles. The Hall–Kier alpha value is -3.81. The molecule has 0 N–H and O–H groups in total. The minimum Gasteiger partial charge on any atom is -0.497 e. The van der Waals surface area contributed by atoms with Crippen molar-refractivity contribution in [2.75, 3.05) is 20.5 Å². The largest absolute Gasteiger partial charge is 0.497 e. The summed E-state index contributed by atoms with van der Waals surface area (Å²) in [6, 6.07) is 13.6. The van der Waals surface area contributed by atoms with E-state index in [2.05, 4.69) is 0 Å². The molecule has 7 nitrogen and oxygen atoms in total. The molecule has 0 atom stereocenters. The standard InChI is InChI=1S/C27H21ClO7/c1-15-23(33-13-22(29)16-3-5-20(31-2)6-4-16)8-7-21-25(30)24(35-26(15)21)11-17-9-19(28)10-18-12-32-14-34-27(17)18/h3-11H,12-14H2,1-2H3/b24-11-. The van der Waals surface area contributed by atoms with Gasteiger partial charge in [-0.2, -0.15) is 0 Å². The molecule has 0 aliphatic carbocycles. The zero-order chi connectivity index (χ0) is 24.5. The molecule has 35 heavy (non-hydrogen) atoms. The topological polar surface area (TPSA) is 80.3 Å². The van der Waals surface area contributed by atoms with Crippen molar-refractivity contribution in [1.82, 2.24) is 0 Å². The van der Waals surface area contributed by atoms with Crippen molar-refractivity contribution in [3.05, 3.63) is 87.1 Å². The Balaban J connectivity index is 1.36. The Morgan fingerprint density at radius 3 is 2.69 bits per heavy atom. The van der Waals surface area contributed by atoms with Crippen molar-refractivity contribution in [2.45, 2.75) is 13.5 Å². The minimum atomic E-state index is -0.259. The predicted molar refractivity (Wildman–Crippen MR) is 129 cm³/mol. The average Bonchev–Trinajstić information content (AvgIpc) is 3.19. The lowest BCUT2D eigenvalue weighted by molar-refractivity contribution is -0.0165.